The Balaban J connectivity index is 1.30. The Morgan fingerprint density at radius 1 is 0.370 bits per heavy atom. The van der Waals surface area contributed by atoms with E-state index in [1.54, 1.807) is 0 Å². The van der Waals surface area contributed by atoms with E-state index in [4.69, 9.17) is 13.1 Å². The Bertz CT molecular complexity index is 2720. The SMILES string of the molecule is [C-]#[N+]c1ccc(N(c2ccc([N+]#[C-])cc2)c2ccc3c4ccc(N(c5ccc(C#N)cc5)c5ccc(C#N)cc5)c5cccc(c6cccc2c63)c54)cc1. The summed E-state index contributed by atoms with van der Waals surface area (Å²) in [6, 6.07) is 56.5. The summed E-state index contributed by atoms with van der Waals surface area (Å²) in [4.78, 5) is 11.6. The largest absolute Gasteiger partial charge is 0.310 e. The summed E-state index contributed by atoms with van der Waals surface area (Å²) >= 11 is 0. The van der Waals surface area contributed by atoms with E-state index in [9.17, 15) is 10.5 Å². The number of anilines is 6. The van der Waals surface area contributed by atoms with Crippen molar-refractivity contribution in [2.24, 2.45) is 0 Å². The van der Waals surface area contributed by atoms with Gasteiger partial charge in [0.15, 0.2) is 11.4 Å². The summed E-state index contributed by atoms with van der Waals surface area (Å²) in [6.45, 7) is 15.0. The third-order valence-corrected chi connectivity index (χ3v) is 10.1. The average Bonchev–Trinajstić information content (AvgIpc) is 3.24. The van der Waals surface area contributed by atoms with Crippen molar-refractivity contribution in [2.75, 3.05) is 9.80 Å². The van der Waals surface area contributed by atoms with E-state index >= 15 is 0 Å². The van der Waals surface area contributed by atoms with E-state index in [0.717, 1.165) is 77.2 Å². The molecule has 0 spiro atoms. The van der Waals surface area contributed by atoms with E-state index in [2.05, 4.69) is 92.3 Å². The normalized spacial score (nSPS) is 10.9. The number of rotatable bonds is 6. The number of fused-ring (bicyclic) bond motifs is 2. The Kier molecular flexibility index (Phi) is 7.58. The first kappa shape index (κ1) is 31.8. The number of nitriles is 2. The zero-order valence-corrected chi connectivity index (χ0v) is 28.7. The van der Waals surface area contributed by atoms with Gasteiger partial charge in [-0.1, -0.05) is 72.8 Å². The van der Waals surface area contributed by atoms with Crippen LogP contribution >= 0.6 is 0 Å². The van der Waals surface area contributed by atoms with Crippen LogP contribution in [0.15, 0.2) is 158 Å². The van der Waals surface area contributed by atoms with Crippen molar-refractivity contribution in [3.05, 3.63) is 192 Å². The average molecular weight is 687 g/mol. The van der Waals surface area contributed by atoms with Crippen LogP contribution < -0.4 is 9.80 Å². The van der Waals surface area contributed by atoms with Gasteiger partial charge in [0.1, 0.15) is 0 Å². The molecule has 248 valence electrons. The summed E-state index contributed by atoms with van der Waals surface area (Å²) in [7, 11) is 0. The second-order valence-corrected chi connectivity index (χ2v) is 13.0. The number of hydrogen-bond donors (Lipinski definition) is 0. The van der Waals surface area contributed by atoms with E-state index in [-0.39, 0.29) is 0 Å². The van der Waals surface area contributed by atoms with Crippen LogP contribution in [0.5, 0.6) is 0 Å². The van der Waals surface area contributed by atoms with Crippen molar-refractivity contribution in [3.63, 3.8) is 0 Å². The lowest BCUT2D eigenvalue weighted by Gasteiger charge is -2.29. The molecule has 0 unspecified atom stereocenters. The fourth-order valence-electron chi connectivity index (χ4n) is 7.65. The molecule has 6 nitrogen and oxygen atoms in total. The maximum Gasteiger partial charge on any atom is 0.187 e. The Hall–Kier alpha value is -8.16. The second kappa shape index (κ2) is 12.9. The van der Waals surface area contributed by atoms with Gasteiger partial charge in [-0.05, 0) is 117 Å². The third kappa shape index (κ3) is 5.08. The van der Waals surface area contributed by atoms with Crippen LogP contribution in [0.4, 0.5) is 45.5 Å². The molecule has 0 saturated heterocycles. The minimum atomic E-state index is 0.569. The molecular formula is C48H26N6. The predicted molar refractivity (Wildman–Crippen MR) is 219 cm³/mol. The number of hydrogen-bond acceptors (Lipinski definition) is 4. The van der Waals surface area contributed by atoms with Gasteiger partial charge in [0.25, 0.3) is 0 Å². The van der Waals surface area contributed by atoms with Crippen LogP contribution in [0, 0.1) is 35.8 Å². The molecule has 0 bridgehead atoms. The molecule has 0 radical (unpaired) electrons. The van der Waals surface area contributed by atoms with E-state index in [1.807, 2.05) is 97.1 Å². The molecule has 0 heterocycles. The van der Waals surface area contributed by atoms with Crippen LogP contribution in [-0.4, -0.2) is 0 Å². The molecular weight excluding hydrogens is 661 g/mol. The monoisotopic (exact) mass is 686 g/mol. The molecule has 0 aromatic heterocycles. The van der Waals surface area contributed by atoms with Gasteiger partial charge in [0.05, 0.1) is 47.8 Å². The minimum Gasteiger partial charge on any atom is -0.310 e. The summed E-state index contributed by atoms with van der Waals surface area (Å²) in [6.07, 6.45) is 0. The van der Waals surface area contributed by atoms with E-state index in [1.165, 1.54) is 0 Å². The van der Waals surface area contributed by atoms with Crippen molar-refractivity contribution < 1.29 is 0 Å². The van der Waals surface area contributed by atoms with Crippen LogP contribution in [0.1, 0.15) is 11.1 Å². The van der Waals surface area contributed by atoms with Crippen molar-refractivity contribution >= 4 is 88.6 Å². The third-order valence-electron chi connectivity index (χ3n) is 10.1. The molecule has 0 atom stereocenters. The molecule has 9 aromatic carbocycles. The van der Waals surface area contributed by atoms with Crippen molar-refractivity contribution in [2.45, 2.75) is 0 Å². The molecule has 0 N–H and O–H groups in total. The maximum atomic E-state index is 9.52. The molecule has 0 aliphatic carbocycles. The molecule has 0 fully saturated rings. The van der Waals surface area contributed by atoms with E-state index in [0.29, 0.717) is 22.5 Å². The molecule has 6 heteroatoms. The van der Waals surface area contributed by atoms with Crippen molar-refractivity contribution in [1.29, 1.82) is 10.5 Å². The van der Waals surface area contributed by atoms with Gasteiger partial charge in [-0.15, -0.1) is 0 Å². The maximum absolute atomic E-state index is 9.52. The zero-order chi connectivity index (χ0) is 36.8. The van der Waals surface area contributed by atoms with E-state index < -0.39 is 0 Å². The quantitative estimate of drug-likeness (QED) is 0.0992. The van der Waals surface area contributed by atoms with Gasteiger partial charge in [-0.3, -0.25) is 0 Å². The highest BCUT2D eigenvalue weighted by atomic mass is 15.1. The molecule has 9 aromatic rings. The van der Waals surface area contributed by atoms with Crippen LogP contribution in [0.3, 0.4) is 0 Å². The number of benzene rings is 9. The summed E-state index contributed by atoms with van der Waals surface area (Å²) in [5.41, 5.74) is 7.89. The Labute approximate surface area is 311 Å². The van der Waals surface area contributed by atoms with Gasteiger partial charge in [0.2, 0.25) is 0 Å². The van der Waals surface area contributed by atoms with Crippen molar-refractivity contribution in [3.8, 4) is 12.1 Å². The Morgan fingerprint density at radius 3 is 1.02 bits per heavy atom. The smallest absolute Gasteiger partial charge is 0.187 e. The topological polar surface area (TPSA) is 62.8 Å². The highest BCUT2D eigenvalue weighted by molar-refractivity contribution is 6.35. The molecule has 0 amide bonds. The van der Waals surface area contributed by atoms with Gasteiger partial charge >= 0.3 is 0 Å². The van der Waals surface area contributed by atoms with Gasteiger partial charge in [-0.25, -0.2) is 9.69 Å². The summed E-state index contributed by atoms with van der Waals surface area (Å²) < 4.78 is 0. The summed E-state index contributed by atoms with van der Waals surface area (Å²) in [5.74, 6) is 0. The second-order valence-electron chi connectivity index (χ2n) is 13.0. The van der Waals surface area contributed by atoms with Crippen molar-refractivity contribution in [1.82, 2.24) is 0 Å². The highest BCUT2D eigenvalue weighted by Crippen LogP contribution is 2.49. The highest BCUT2D eigenvalue weighted by Gasteiger charge is 2.22. The van der Waals surface area contributed by atoms with Crippen LogP contribution in [0.2, 0.25) is 0 Å². The lowest BCUT2D eigenvalue weighted by molar-refractivity contribution is 1.29. The molecule has 0 saturated carbocycles. The number of nitrogens with zero attached hydrogens (tertiary/aromatic N) is 6. The fraction of sp³-hybridized carbons (Fsp3) is 0. The lowest BCUT2D eigenvalue weighted by atomic mass is 9.88. The minimum absolute atomic E-state index is 0.569. The standard InChI is InChI=1S/C48H26N6/c1-51-33-13-21-37(22-14-33)54(38-23-15-34(52-2)16-24-38)46-28-26-42-41-25-27-45(43-7-3-5-39(47(41)43)40-6-4-8-44(46)48(40)42)53(35-17-9-31(29-49)10-18-35)36-19-11-32(30-50)12-20-36/h3-28H. The summed E-state index contributed by atoms with van der Waals surface area (Å²) in [5, 5.41) is 28.0. The molecule has 54 heavy (non-hydrogen) atoms. The molecule has 0 aliphatic rings. The zero-order valence-electron chi connectivity index (χ0n) is 28.7. The first-order valence-corrected chi connectivity index (χ1v) is 17.3. The molecule has 0 aliphatic heterocycles. The van der Waals surface area contributed by atoms with Gasteiger partial charge < -0.3 is 9.80 Å². The van der Waals surface area contributed by atoms with Gasteiger partial charge in [-0.2, -0.15) is 10.5 Å². The van der Waals surface area contributed by atoms with Crippen LogP contribution in [0.25, 0.3) is 52.8 Å². The lowest BCUT2D eigenvalue weighted by Crippen LogP contribution is -2.11. The van der Waals surface area contributed by atoms with Gasteiger partial charge in [0, 0.05) is 33.5 Å². The molecule has 9 rings (SSSR count). The predicted octanol–water partition coefficient (Wildman–Crippen LogP) is 13.5. The Morgan fingerprint density at radius 2 is 0.685 bits per heavy atom. The fourth-order valence-corrected chi connectivity index (χ4v) is 7.65. The first-order chi connectivity index (χ1) is 26.6. The van der Waals surface area contributed by atoms with Crippen LogP contribution in [-0.2, 0) is 0 Å². The first-order valence-electron chi connectivity index (χ1n) is 17.3.